The first kappa shape index (κ1) is 20.0. The van der Waals surface area contributed by atoms with Gasteiger partial charge in [0.25, 0.3) is 0 Å². The minimum Gasteiger partial charge on any atom is -0.490 e. The lowest BCUT2D eigenvalue weighted by molar-refractivity contribution is 0.265. The number of hydrogen-bond donors (Lipinski definition) is 1. The van der Waals surface area contributed by atoms with E-state index in [1.807, 2.05) is 6.92 Å². The lowest BCUT2D eigenvalue weighted by Gasteiger charge is -2.16. The first-order valence-corrected chi connectivity index (χ1v) is 9.25. The van der Waals surface area contributed by atoms with E-state index >= 15 is 0 Å². The van der Waals surface area contributed by atoms with E-state index in [2.05, 4.69) is 5.32 Å². The lowest BCUT2D eigenvalue weighted by atomic mass is 10.2. The molecule has 28 heavy (non-hydrogen) atoms. The van der Waals surface area contributed by atoms with Crippen LogP contribution in [-0.2, 0) is 13.2 Å². The van der Waals surface area contributed by atoms with Gasteiger partial charge < -0.3 is 14.8 Å². The highest BCUT2D eigenvalue weighted by Gasteiger charge is 2.12. The molecule has 3 nitrogen and oxygen atoms in total. The van der Waals surface area contributed by atoms with Crippen molar-refractivity contribution in [2.45, 2.75) is 20.1 Å². The van der Waals surface area contributed by atoms with Crippen molar-refractivity contribution in [3.05, 3.63) is 88.4 Å². The van der Waals surface area contributed by atoms with Gasteiger partial charge >= 0.3 is 0 Å². The molecule has 0 saturated heterocycles. The zero-order valence-electron chi connectivity index (χ0n) is 15.3. The average molecular weight is 404 g/mol. The SMILES string of the molecule is CCOc1cc(CNc2ccc(F)cc2)c(Cl)cc1OCc1ccccc1F. The summed E-state index contributed by atoms with van der Waals surface area (Å²) in [5, 5.41) is 3.67. The molecule has 0 spiro atoms. The van der Waals surface area contributed by atoms with Crippen molar-refractivity contribution < 1.29 is 18.3 Å². The summed E-state index contributed by atoms with van der Waals surface area (Å²) in [6.45, 7) is 2.81. The number of nitrogens with one attached hydrogen (secondary N) is 1. The van der Waals surface area contributed by atoms with Crippen molar-refractivity contribution in [1.82, 2.24) is 0 Å². The molecule has 0 aliphatic rings. The summed E-state index contributed by atoms with van der Waals surface area (Å²) in [6, 6.07) is 16.0. The Balaban J connectivity index is 1.75. The van der Waals surface area contributed by atoms with Gasteiger partial charge in [-0.05, 0) is 48.9 Å². The Morgan fingerprint density at radius 1 is 0.893 bits per heavy atom. The Hall–Kier alpha value is -2.79. The van der Waals surface area contributed by atoms with E-state index < -0.39 is 0 Å². The predicted molar refractivity (Wildman–Crippen MR) is 107 cm³/mol. The molecule has 3 aromatic rings. The van der Waals surface area contributed by atoms with Gasteiger partial charge in [-0.15, -0.1) is 0 Å². The molecule has 0 aliphatic heterocycles. The smallest absolute Gasteiger partial charge is 0.163 e. The van der Waals surface area contributed by atoms with Gasteiger partial charge in [0.2, 0.25) is 0 Å². The zero-order chi connectivity index (χ0) is 19.9. The summed E-state index contributed by atoms with van der Waals surface area (Å²) in [7, 11) is 0. The van der Waals surface area contributed by atoms with Crippen LogP contribution in [-0.4, -0.2) is 6.61 Å². The maximum absolute atomic E-state index is 13.8. The lowest BCUT2D eigenvalue weighted by Crippen LogP contribution is -2.04. The fourth-order valence-electron chi connectivity index (χ4n) is 2.63. The molecule has 0 saturated carbocycles. The third-order valence-electron chi connectivity index (χ3n) is 4.08. The molecule has 0 heterocycles. The Morgan fingerprint density at radius 3 is 2.32 bits per heavy atom. The van der Waals surface area contributed by atoms with E-state index in [1.165, 1.54) is 18.2 Å². The molecule has 0 radical (unpaired) electrons. The van der Waals surface area contributed by atoms with E-state index in [-0.39, 0.29) is 18.2 Å². The molecule has 6 heteroatoms. The van der Waals surface area contributed by atoms with Crippen LogP contribution in [0.5, 0.6) is 11.5 Å². The molecule has 3 rings (SSSR count). The first-order valence-electron chi connectivity index (χ1n) is 8.87. The van der Waals surface area contributed by atoms with Gasteiger partial charge in [-0.1, -0.05) is 29.8 Å². The third-order valence-corrected chi connectivity index (χ3v) is 4.43. The summed E-state index contributed by atoms with van der Waals surface area (Å²) >= 11 is 6.40. The fourth-order valence-corrected chi connectivity index (χ4v) is 2.85. The molecule has 0 atom stereocenters. The standard InChI is InChI=1S/C22H20ClF2NO2/c1-2-27-21-11-16(13-26-18-9-7-17(24)8-10-18)19(23)12-22(21)28-14-15-5-3-4-6-20(15)25/h3-12,26H,2,13-14H2,1H3. The van der Waals surface area contributed by atoms with Crippen molar-refractivity contribution in [2.75, 3.05) is 11.9 Å². The second-order valence-electron chi connectivity index (χ2n) is 6.06. The molecule has 0 bridgehead atoms. The van der Waals surface area contributed by atoms with Crippen molar-refractivity contribution >= 4 is 17.3 Å². The Labute approximate surface area is 167 Å². The largest absolute Gasteiger partial charge is 0.490 e. The predicted octanol–water partition coefficient (Wildman–Crippen LogP) is 6.21. The topological polar surface area (TPSA) is 30.5 Å². The van der Waals surface area contributed by atoms with Crippen LogP contribution in [0.3, 0.4) is 0 Å². The van der Waals surface area contributed by atoms with Crippen molar-refractivity contribution in [3.63, 3.8) is 0 Å². The molecule has 0 fully saturated rings. The monoisotopic (exact) mass is 403 g/mol. The molecule has 146 valence electrons. The Bertz CT molecular complexity index is 932. The maximum atomic E-state index is 13.8. The molecule has 0 amide bonds. The summed E-state index contributed by atoms with van der Waals surface area (Å²) in [5.74, 6) is 0.352. The normalized spacial score (nSPS) is 10.6. The first-order chi connectivity index (χ1) is 13.6. The molecular formula is C22H20ClF2NO2. The summed E-state index contributed by atoms with van der Waals surface area (Å²) in [5.41, 5.74) is 2.02. The highest BCUT2D eigenvalue weighted by molar-refractivity contribution is 6.31. The fraction of sp³-hybridized carbons (Fsp3) is 0.182. The number of ether oxygens (including phenoxy) is 2. The van der Waals surface area contributed by atoms with Crippen LogP contribution in [0.2, 0.25) is 5.02 Å². The average Bonchev–Trinajstić information content (AvgIpc) is 2.69. The van der Waals surface area contributed by atoms with Gasteiger partial charge in [-0.3, -0.25) is 0 Å². The van der Waals surface area contributed by atoms with Gasteiger partial charge in [-0.25, -0.2) is 8.78 Å². The summed E-state index contributed by atoms with van der Waals surface area (Å²) < 4.78 is 38.2. The number of rotatable bonds is 8. The van der Waals surface area contributed by atoms with Gasteiger partial charge in [-0.2, -0.15) is 0 Å². The maximum Gasteiger partial charge on any atom is 0.163 e. The van der Waals surface area contributed by atoms with E-state index in [9.17, 15) is 8.78 Å². The molecule has 0 aliphatic carbocycles. The molecule has 3 aromatic carbocycles. The molecular weight excluding hydrogens is 384 g/mol. The van der Waals surface area contributed by atoms with Crippen LogP contribution in [0.15, 0.2) is 60.7 Å². The quantitative estimate of drug-likeness (QED) is 0.485. The second kappa shape index (κ2) is 9.42. The second-order valence-corrected chi connectivity index (χ2v) is 6.47. The van der Waals surface area contributed by atoms with Gasteiger partial charge in [0.05, 0.1) is 6.61 Å². The van der Waals surface area contributed by atoms with Crippen LogP contribution in [0.1, 0.15) is 18.1 Å². The van der Waals surface area contributed by atoms with E-state index in [4.69, 9.17) is 21.1 Å². The van der Waals surface area contributed by atoms with Crippen LogP contribution in [0, 0.1) is 11.6 Å². The van der Waals surface area contributed by atoms with Crippen molar-refractivity contribution in [2.24, 2.45) is 0 Å². The number of anilines is 1. The van der Waals surface area contributed by atoms with Crippen LogP contribution in [0.25, 0.3) is 0 Å². The molecule has 0 aromatic heterocycles. The van der Waals surface area contributed by atoms with E-state index in [0.29, 0.717) is 35.2 Å². The Kier molecular flexibility index (Phi) is 6.71. The van der Waals surface area contributed by atoms with Crippen LogP contribution >= 0.6 is 11.6 Å². The summed E-state index contributed by atoms with van der Waals surface area (Å²) in [4.78, 5) is 0. The van der Waals surface area contributed by atoms with Gasteiger partial charge in [0.1, 0.15) is 18.2 Å². The highest BCUT2D eigenvalue weighted by Crippen LogP contribution is 2.34. The van der Waals surface area contributed by atoms with Crippen LogP contribution < -0.4 is 14.8 Å². The van der Waals surface area contributed by atoms with Crippen molar-refractivity contribution in [1.29, 1.82) is 0 Å². The molecule has 0 unspecified atom stereocenters. The third kappa shape index (κ3) is 5.14. The summed E-state index contributed by atoms with van der Waals surface area (Å²) in [6.07, 6.45) is 0. The highest BCUT2D eigenvalue weighted by atomic mass is 35.5. The minimum atomic E-state index is -0.327. The van der Waals surface area contributed by atoms with Crippen LogP contribution in [0.4, 0.5) is 14.5 Å². The minimum absolute atomic E-state index is 0.0657. The number of benzene rings is 3. The van der Waals surface area contributed by atoms with Gasteiger partial charge in [0.15, 0.2) is 11.5 Å². The number of halogens is 3. The van der Waals surface area contributed by atoms with Crippen molar-refractivity contribution in [3.8, 4) is 11.5 Å². The number of hydrogen-bond acceptors (Lipinski definition) is 3. The van der Waals surface area contributed by atoms with E-state index in [1.54, 1.807) is 42.5 Å². The van der Waals surface area contributed by atoms with E-state index in [0.717, 1.165) is 11.3 Å². The Morgan fingerprint density at radius 2 is 1.61 bits per heavy atom. The van der Waals surface area contributed by atoms with Gasteiger partial charge in [0, 0.05) is 28.9 Å². The molecule has 1 N–H and O–H groups in total. The zero-order valence-corrected chi connectivity index (χ0v) is 16.1.